The molecule has 0 heterocycles. The van der Waals surface area contributed by atoms with Crippen molar-refractivity contribution in [2.75, 3.05) is 0 Å². The van der Waals surface area contributed by atoms with E-state index >= 15 is 0 Å². The van der Waals surface area contributed by atoms with Crippen LogP contribution >= 0.6 is 0 Å². The van der Waals surface area contributed by atoms with Gasteiger partial charge < -0.3 is 9.31 Å². The third kappa shape index (κ3) is 7.02. The highest BCUT2D eigenvalue weighted by atomic mass is 16.5. The van der Waals surface area contributed by atoms with E-state index in [-0.39, 0.29) is 24.8 Å². The summed E-state index contributed by atoms with van der Waals surface area (Å²) in [7, 11) is 0. The third-order valence-electron chi connectivity index (χ3n) is 2.56. The van der Waals surface area contributed by atoms with Crippen LogP contribution in [0.4, 0.5) is 0 Å². The van der Waals surface area contributed by atoms with E-state index in [2.05, 4.69) is 55.2 Å². The fraction of sp³-hybridized carbons (Fsp3) is 1.00. The Hall–Kier alpha value is 0.0499. The van der Waals surface area contributed by atoms with Gasteiger partial charge in [0.05, 0.1) is 0 Å². The van der Waals surface area contributed by atoms with Gasteiger partial charge in [-0.1, -0.05) is 20.6 Å². The topological polar surface area (TPSA) is 18.5 Å². The Kier molecular flexibility index (Phi) is 5.42. The van der Waals surface area contributed by atoms with Crippen molar-refractivity contribution in [3.63, 3.8) is 0 Å². The zero-order chi connectivity index (χ0) is 12.3. The van der Waals surface area contributed by atoms with Gasteiger partial charge in [0, 0.05) is 11.2 Å². The normalized spacial score (nSPS) is 12.8. The van der Waals surface area contributed by atoms with Crippen LogP contribution in [0.2, 0.25) is 13.6 Å². The lowest BCUT2D eigenvalue weighted by atomic mass is 9.28. The number of hydrogen-bond donors (Lipinski definition) is 0. The molecule has 0 rings (SSSR count). The second-order valence-corrected chi connectivity index (χ2v) is 5.87. The molecule has 0 aliphatic carbocycles. The molecule has 0 radical (unpaired) electrons. The summed E-state index contributed by atoms with van der Waals surface area (Å²) in [4.78, 5) is 0. The molecule has 2 nitrogen and oxygen atoms in total. The first kappa shape index (κ1) is 15.0. The van der Waals surface area contributed by atoms with Crippen molar-refractivity contribution >= 4 is 13.6 Å². The Balaban J connectivity index is 4.16. The summed E-state index contributed by atoms with van der Waals surface area (Å²) >= 11 is 0. The van der Waals surface area contributed by atoms with Gasteiger partial charge in [0.15, 0.2) is 0 Å². The number of hydrogen-bond acceptors (Lipinski definition) is 2. The van der Waals surface area contributed by atoms with E-state index in [0.717, 1.165) is 6.42 Å². The average molecular weight is 212 g/mol. The van der Waals surface area contributed by atoms with Gasteiger partial charge in [-0.3, -0.25) is 0 Å². The SMILES string of the molecule is CCC(C)(C)OB(C)B(C)OC(C)(C)C. The van der Waals surface area contributed by atoms with Gasteiger partial charge in [-0.2, -0.15) is 0 Å². The molecule has 0 aromatic heterocycles. The molecule has 0 aromatic carbocycles. The lowest BCUT2D eigenvalue weighted by molar-refractivity contribution is 0.0988. The minimum Gasteiger partial charge on any atom is -0.436 e. The lowest BCUT2D eigenvalue weighted by Gasteiger charge is -2.31. The maximum atomic E-state index is 5.97. The molecule has 88 valence electrons. The summed E-state index contributed by atoms with van der Waals surface area (Å²) < 4.78 is 11.8. The lowest BCUT2D eigenvalue weighted by Crippen LogP contribution is -2.45. The maximum Gasteiger partial charge on any atom is 0.289 e. The van der Waals surface area contributed by atoms with Crippen LogP contribution in [0.1, 0.15) is 48.0 Å². The molecule has 0 aliphatic rings. The Morgan fingerprint density at radius 3 is 1.60 bits per heavy atom. The predicted octanol–water partition coefficient (Wildman–Crippen LogP) is 3.33. The Morgan fingerprint density at radius 1 is 0.867 bits per heavy atom. The van der Waals surface area contributed by atoms with Crippen LogP contribution in [0.5, 0.6) is 0 Å². The average Bonchev–Trinajstić information content (AvgIpc) is 2.00. The third-order valence-corrected chi connectivity index (χ3v) is 2.56. The van der Waals surface area contributed by atoms with Crippen molar-refractivity contribution in [2.24, 2.45) is 0 Å². The smallest absolute Gasteiger partial charge is 0.289 e. The monoisotopic (exact) mass is 212 g/mol. The zero-order valence-corrected chi connectivity index (χ0v) is 11.7. The molecular formula is C11H26B2O2. The van der Waals surface area contributed by atoms with Crippen LogP contribution in [0.15, 0.2) is 0 Å². The summed E-state index contributed by atoms with van der Waals surface area (Å²) in [6, 6.07) is 0. The standard InChI is InChI=1S/C11H26B2O2/c1-9-11(5,6)15-13(8)12(7)14-10(2,3)4/h9H2,1-8H3. The van der Waals surface area contributed by atoms with E-state index in [1.165, 1.54) is 0 Å². The summed E-state index contributed by atoms with van der Waals surface area (Å²) in [5.74, 6) is 0. The molecule has 0 saturated heterocycles. The molecule has 0 bridgehead atoms. The molecule has 0 aliphatic heterocycles. The second-order valence-electron chi connectivity index (χ2n) is 5.87. The molecule has 0 amide bonds. The highest BCUT2D eigenvalue weighted by Gasteiger charge is 2.32. The second kappa shape index (κ2) is 5.40. The van der Waals surface area contributed by atoms with Crippen LogP contribution in [-0.4, -0.2) is 24.8 Å². The minimum atomic E-state index is -0.104. The van der Waals surface area contributed by atoms with Crippen molar-refractivity contribution in [3.8, 4) is 0 Å². The van der Waals surface area contributed by atoms with Crippen LogP contribution in [0, 0.1) is 0 Å². The molecular weight excluding hydrogens is 186 g/mol. The van der Waals surface area contributed by atoms with E-state index in [1.807, 2.05) is 0 Å². The first-order valence-electron chi connectivity index (χ1n) is 5.93. The van der Waals surface area contributed by atoms with Gasteiger partial charge in [-0.05, 0) is 41.0 Å². The fourth-order valence-electron chi connectivity index (χ4n) is 1.34. The molecule has 15 heavy (non-hydrogen) atoms. The molecule has 0 N–H and O–H groups in total. The van der Waals surface area contributed by atoms with Gasteiger partial charge >= 0.3 is 0 Å². The van der Waals surface area contributed by atoms with Crippen LogP contribution in [-0.2, 0) is 9.31 Å². The van der Waals surface area contributed by atoms with Crippen LogP contribution in [0.25, 0.3) is 0 Å². The van der Waals surface area contributed by atoms with Crippen molar-refractivity contribution < 1.29 is 9.31 Å². The van der Waals surface area contributed by atoms with Gasteiger partial charge in [-0.15, -0.1) is 0 Å². The zero-order valence-electron chi connectivity index (χ0n) is 11.7. The first-order valence-corrected chi connectivity index (χ1v) is 5.93. The molecule has 0 spiro atoms. The van der Waals surface area contributed by atoms with Crippen molar-refractivity contribution in [2.45, 2.75) is 72.8 Å². The van der Waals surface area contributed by atoms with Crippen molar-refractivity contribution in [1.29, 1.82) is 0 Å². The summed E-state index contributed by atoms with van der Waals surface area (Å²) in [6.45, 7) is 17.0. The quantitative estimate of drug-likeness (QED) is 0.650. The van der Waals surface area contributed by atoms with Gasteiger partial charge in [-0.25, -0.2) is 0 Å². The van der Waals surface area contributed by atoms with Crippen molar-refractivity contribution in [3.05, 3.63) is 0 Å². The van der Waals surface area contributed by atoms with Gasteiger partial charge in [0.25, 0.3) is 13.6 Å². The molecule has 0 unspecified atom stereocenters. The largest absolute Gasteiger partial charge is 0.436 e. The Morgan fingerprint density at radius 2 is 1.27 bits per heavy atom. The molecule has 4 heteroatoms. The molecule has 0 fully saturated rings. The highest BCUT2D eigenvalue weighted by Crippen LogP contribution is 2.18. The molecule has 0 saturated carbocycles. The summed E-state index contributed by atoms with van der Waals surface area (Å²) in [5.41, 5.74) is -0.164. The highest BCUT2D eigenvalue weighted by molar-refractivity contribution is 7.15. The minimum absolute atomic E-state index is 0.0606. The Labute approximate surface area is 96.3 Å². The maximum absolute atomic E-state index is 5.97. The molecule has 0 atom stereocenters. The van der Waals surface area contributed by atoms with E-state index in [9.17, 15) is 0 Å². The van der Waals surface area contributed by atoms with E-state index in [0.29, 0.717) is 0 Å². The fourth-order valence-corrected chi connectivity index (χ4v) is 1.34. The van der Waals surface area contributed by atoms with Crippen LogP contribution in [0.3, 0.4) is 0 Å². The van der Waals surface area contributed by atoms with Gasteiger partial charge in [0.2, 0.25) is 0 Å². The van der Waals surface area contributed by atoms with Crippen molar-refractivity contribution in [1.82, 2.24) is 0 Å². The molecule has 0 aromatic rings. The number of rotatable bonds is 5. The first-order chi connectivity index (χ1) is 6.57. The van der Waals surface area contributed by atoms with E-state index in [1.54, 1.807) is 0 Å². The van der Waals surface area contributed by atoms with Crippen LogP contribution < -0.4 is 0 Å². The predicted molar refractivity (Wildman–Crippen MR) is 69.5 cm³/mol. The van der Waals surface area contributed by atoms with E-state index in [4.69, 9.17) is 9.31 Å². The van der Waals surface area contributed by atoms with Gasteiger partial charge in [0.1, 0.15) is 0 Å². The van der Waals surface area contributed by atoms with E-state index < -0.39 is 0 Å². The summed E-state index contributed by atoms with van der Waals surface area (Å²) in [6.07, 6.45) is 1.01. The Bertz CT molecular complexity index is 188. The summed E-state index contributed by atoms with van der Waals surface area (Å²) in [5, 5.41) is 0.